The van der Waals surface area contributed by atoms with Crippen molar-refractivity contribution in [2.24, 2.45) is 0 Å². The van der Waals surface area contributed by atoms with Gasteiger partial charge in [-0.15, -0.1) is 0 Å². The van der Waals surface area contributed by atoms with Gasteiger partial charge < -0.3 is 49.2 Å². The Morgan fingerprint density at radius 1 is 0.608 bits per heavy atom. The first-order valence-corrected chi connectivity index (χ1v) is 22.8. The van der Waals surface area contributed by atoms with E-state index >= 15 is 0 Å². The second-order valence-electron chi connectivity index (χ2n) is 16.0. The van der Waals surface area contributed by atoms with Gasteiger partial charge in [0.25, 0.3) is 0 Å². The highest BCUT2D eigenvalue weighted by atomic mass is 19.4. The van der Waals surface area contributed by atoms with Crippen LogP contribution in [0.1, 0.15) is 62.6 Å². The molecule has 5 aromatic rings. The maximum atomic E-state index is 13.7. The van der Waals surface area contributed by atoms with Crippen LogP contribution in [0.2, 0.25) is 0 Å². The molecule has 0 bridgehead atoms. The molecular formula is C50H48F6N10O8. The number of nitriles is 2. The monoisotopic (exact) mass is 1030 g/mol. The predicted octanol–water partition coefficient (Wildman–Crippen LogP) is 8.48. The fourth-order valence-electron chi connectivity index (χ4n) is 7.52. The Hall–Kier alpha value is -8.80. The first kappa shape index (κ1) is 54.5. The highest BCUT2D eigenvalue weighted by molar-refractivity contribution is 5.93. The number of alkyl halides is 6. The molecule has 24 heteroatoms. The lowest BCUT2D eigenvalue weighted by Gasteiger charge is -2.36. The minimum atomic E-state index is -4.94. The van der Waals surface area contributed by atoms with E-state index in [4.69, 9.17) is 18.9 Å². The Morgan fingerprint density at radius 2 is 1.04 bits per heavy atom. The number of aromatic nitrogens is 2. The number of rotatable bonds is 12. The number of anilines is 3. The van der Waals surface area contributed by atoms with E-state index < -0.39 is 46.8 Å². The van der Waals surface area contributed by atoms with Gasteiger partial charge >= 0.3 is 36.4 Å². The molecule has 0 saturated carbocycles. The summed E-state index contributed by atoms with van der Waals surface area (Å²) in [5.41, 5.74) is -3.42. The average molecular weight is 1030 g/mol. The normalized spacial score (nSPS) is 13.6. The standard InChI is InChI=1S/C27H24F3N5O4.C23H24F3N5O4/c1-2-38-25(36)22-16-18(17-31)24(33-23(22)27(28,29)30)34-12-14-35(15-13-34)26(37)32-19-8-10-21(11-9-19)39-20-6-4-3-5-7-20;1-3-35-21(32)18-12-16(13-27)20(29-19(18)23(24,25)26)30-8-10-31(11-9-30)22(33)28-14-15-4-6-17(34-2)7-5-15/h3-11,16H,2,12-15H2,1H3,(H,32,37);4-7,12H,3,8-11,14H2,1-2H3,(H,28,33). The van der Waals surface area contributed by atoms with E-state index in [9.17, 15) is 56.0 Å². The number of nitrogens with zero attached hydrogens (tertiary/aromatic N) is 8. The van der Waals surface area contributed by atoms with Crippen molar-refractivity contribution >= 4 is 41.3 Å². The van der Waals surface area contributed by atoms with Crippen molar-refractivity contribution in [2.45, 2.75) is 32.7 Å². The zero-order valence-corrected chi connectivity index (χ0v) is 40.0. The van der Waals surface area contributed by atoms with E-state index in [1.807, 2.05) is 54.6 Å². The number of piperazine rings is 2. The van der Waals surface area contributed by atoms with E-state index in [1.54, 1.807) is 43.5 Å². The number of halogens is 6. The van der Waals surface area contributed by atoms with Crippen molar-refractivity contribution in [1.29, 1.82) is 10.5 Å². The minimum Gasteiger partial charge on any atom is -0.497 e. The van der Waals surface area contributed by atoms with Crippen LogP contribution in [0.25, 0.3) is 0 Å². The van der Waals surface area contributed by atoms with Gasteiger partial charge in [0, 0.05) is 64.6 Å². The largest absolute Gasteiger partial charge is 0.497 e. The van der Waals surface area contributed by atoms with E-state index in [1.165, 1.54) is 33.4 Å². The van der Waals surface area contributed by atoms with Crippen LogP contribution in [0.3, 0.4) is 0 Å². The Labute approximate surface area is 420 Å². The van der Waals surface area contributed by atoms with Crippen LogP contribution in [-0.4, -0.2) is 116 Å². The van der Waals surface area contributed by atoms with E-state index in [2.05, 4.69) is 20.6 Å². The summed E-state index contributed by atoms with van der Waals surface area (Å²) in [7, 11) is 1.56. The van der Waals surface area contributed by atoms with Crippen LogP contribution in [0.4, 0.5) is 53.3 Å². The molecule has 388 valence electrons. The van der Waals surface area contributed by atoms with E-state index in [0.717, 1.165) is 17.7 Å². The molecular weight excluding hydrogens is 983 g/mol. The molecule has 0 radical (unpaired) electrons. The van der Waals surface area contributed by atoms with Gasteiger partial charge in [-0.1, -0.05) is 30.3 Å². The Bertz CT molecular complexity index is 2860. The van der Waals surface area contributed by atoms with Crippen LogP contribution in [0.15, 0.2) is 91.0 Å². The number of methoxy groups -OCH3 is 1. The number of benzene rings is 3. The van der Waals surface area contributed by atoms with Gasteiger partial charge in [0.1, 0.15) is 41.0 Å². The molecule has 4 amide bonds. The highest BCUT2D eigenvalue weighted by Crippen LogP contribution is 2.36. The lowest BCUT2D eigenvalue weighted by Crippen LogP contribution is -2.52. The fraction of sp³-hybridized carbons (Fsp3) is 0.320. The second-order valence-corrected chi connectivity index (χ2v) is 16.0. The highest BCUT2D eigenvalue weighted by Gasteiger charge is 2.41. The summed E-state index contributed by atoms with van der Waals surface area (Å²) >= 11 is 0. The number of hydrogen-bond acceptors (Lipinski definition) is 14. The number of carbonyl (C=O) groups is 4. The van der Waals surface area contributed by atoms with Gasteiger partial charge in [-0.3, -0.25) is 0 Å². The van der Waals surface area contributed by atoms with Crippen molar-refractivity contribution in [3.63, 3.8) is 0 Å². The molecule has 2 aliphatic heterocycles. The zero-order valence-electron chi connectivity index (χ0n) is 40.0. The SMILES string of the molecule is CCOC(=O)c1cc(C#N)c(N2CCN(C(=O)NCc3ccc(OC)cc3)CC2)nc1C(F)(F)F.CCOC(=O)c1cc(C#N)c(N2CCN(C(=O)Nc3ccc(Oc4ccccc4)cc3)CC2)nc1C(F)(F)F. The lowest BCUT2D eigenvalue weighted by molar-refractivity contribution is -0.142. The van der Waals surface area contributed by atoms with Crippen molar-refractivity contribution in [2.75, 3.05) is 87.8 Å². The van der Waals surface area contributed by atoms with Gasteiger partial charge in [0.05, 0.1) is 42.6 Å². The molecule has 0 atom stereocenters. The third-order valence-electron chi connectivity index (χ3n) is 11.2. The number of ether oxygens (including phenoxy) is 4. The third kappa shape index (κ3) is 14.0. The number of hydrogen-bond donors (Lipinski definition) is 2. The van der Waals surface area contributed by atoms with Gasteiger partial charge in [-0.25, -0.2) is 29.1 Å². The second kappa shape index (κ2) is 24.6. The fourth-order valence-corrected chi connectivity index (χ4v) is 7.52. The summed E-state index contributed by atoms with van der Waals surface area (Å²) in [5.74, 6) is -0.821. The molecule has 3 aromatic carbocycles. The summed E-state index contributed by atoms with van der Waals surface area (Å²) in [4.78, 5) is 62.8. The maximum Gasteiger partial charge on any atom is 0.434 e. The van der Waals surface area contributed by atoms with Gasteiger partial charge in [-0.2, -0.15) is 36.9 Å². The van der Waals surface area contributed by atoms with Crippen LogP contribution < -0.4 is 29.9 Å². The van der Waals surface area contributed by atoms with Gasteiger partial charge in [0.2, 0.25) is 0 Å². The molecule has 2 N–H and O–H groups in total. The number of esters is 2. The molecule has 18 nitrogen and oxygen atoms in total. The smallest absolute Gasteiger partial charge is 0.434 e. The molecule has 2 saturated heterocycles. The van der Waals surface area contributed by atoms with Crippen molar-refractivity contribution < 1.29 is 64.5 Å². The zero-order chi connectivity index (χ0) is 53.6. The first-order valence-electron chi connectivity index (χ1n) is 22.8. The molecule has 74 heavy (non-hydrogen) atoms. The van der Waals surface area contributed by atoms with Crippen molar-refractivity contribution in [1.82, 2.24) is 25.1 Å². The molecule has 2 fully saturated rings. The summed E-state index contributed by atoms with van der Waals surface area (Å²) in [5, 5.41) is 24.6. The molecule has 2 aliphatic rings. The molecule has 0 aliphatic carbocycles. The van der Waals surface area contributed by atoms with E-state index in [-0.39, 0.29) is 100 Å². The van der Waals surface area contributed by atoms with Crippen LogP contribution in [0, 0.1) is 22.7 Å². The van der Waals surface area contributed by atoms with Crippen molar-refractivity contribution in [3.8, 4) is 29.4 Å². The molecule has 7 rings (SSSR count). The number of carbonyl (C=O) groups excluding carboxylic acids is 4. The third-order valence-corrected chi connectivity index (χ3v) is 11.2. The topological polar surface area (TPSA) is 216 Å². The number of urea groups is 2. The average Bonchev–Trinajstić information content (AvgIpc) is 3.40. The predicted molar refractivity (Wildman–Crippen MR) is 255 cm³/mol. The summed E-state index contributed by atoms with van der Waals surface area (Å²) in [6.07, 6.45) is -9.86. The first-order chi connectivity index (χ1) is 35.4. The summed E-state index contributed by atoms with van der Waals surface area (Å²) in [6, 6.07) is 27.9. The summed E-state index contributed by atoms with van der Waals surface area (Å²) < 4.78 is 102. The number of pyridine rings is 2. The molecule has 0 spiro atoms. The Morgan fingerprint density at radius 3 is 1.46 bits per heavy atom. The lowest BCUT2D eigenvalue weighted by atomic mass is 10.1. The molecule has 0 unspecified atom stereocenters. The van der Waals surface area contributed by atoms with Gasteiger partial charge in [-0.05, 0) is 80.1 Å². The summed E-state index contributed by atoms with van der Waals surface area (Å²) in [6.45, 7) is 4.33. The quantitative estimate of drug-likeness (QED) is 0.0886. The molecule has 2 aromatic heterocycles. The van der Waals surface area contributed by atoms with Crippen molar-refractivity contribution in [3.05, 3.63) is 130 Å². The van der Waals surface area contributed by atoms with Crippen LogP contribution in [0.5, 0.6) is 17.2 Å². The number of para-hydroxylation sites is 1. The van der Waals surface area contributed by atoms with E-state index in [0.29, 0.717) is 29.5 Å². The Balaban J connectivity index is 0.000000242. The Kier molecular flexibility index (Phi) is 18.1. The maximum absolute atomic E-state index is 13.7. The van der Waals surface area contributed by atoms with Gasteiger partial charge in [0.15, 0.2) is 11.4 Å². The number of amides is 4. The molecule has 4 heterocycles. The number of nitrogens with one attached hydrogen (secondary N) is 2. The van der Waals surface area contributed by atoms with Crippen LogP contribution in [-0.2, 0) is 28.4 Å². The van der Waals surface area contributed by atoms with Crippen LogP contribution >= 0.6 is 0 Å². The minimum absolute atomic E-state index is 0.123.